The van der Waals surface area contributed by atoms with E-state index in [2.05, 4.69) is 27.2 Å². The highest BCUT2D eigenvalue weighted by molar-refractivity contribution is 6.00. The summed E-state index contributed by atoms with van der Waals surface area (Å²) in [6.07, 6.45) is 8.07. The summed E-state index contributed by atoms with van der Waals surface area (Å²) in [5, 5.41) is 7.38. The van der Waals surface area contributed by atoms with Crippen LogP contribution in [0.2, 0.25) is 0 Å². The van der Waals surface area contributed by atoms with E-state index in [9.17, 15) is 9.18 Å². The molecular weight excluding hydrogens is 371 g/mol. The monoisotopic (exact) mass is 394 g/mol. The van der Waals surface area contributed by atoms with Gasteiger partial charge in [0.05, 0.1) is 18.4 Å². The minimum absolute atomic E-state index is 0.0567. The Hall–Kier alpha value is -3.03. The van der Waals surface area contributed by atoms with E-state index in [1.807, 2.05) is 13.1 Å². The Morgan fingerprint density at radius 1 is 1.24 bits per heavy atom. The molecule has 2 aliphatic heterocycles. The molecule has 0 radical (unpaired) electrons. The number of fused-ring (bicyclic) bond motifs is 1. The van der Waals surface area contributed by atoms with Crippen molar-refractivity contribution in [3.8, 4) is 0 Å². The van der Waals surface area contributed by atoms with E-state index in [-0.39, 0.29) is 23.8 Å². The van der Waals surface area contributed by atoms with Gasteiger partial charge in [-0.05, 0) is 51.2 Å². The average Bonchev–Trinajstić information content (AvgIpc) is 3.12. The second kappa shape index (κ2) is 6.79. The Labute approximate surface area is 168 Å². The summed E-state index contributed by atoms with van der Waals surface area (Å²) in [5.74, 6) is 0.329. The number of hydrogen-bond acceptors (Lipinski definition) is 5. The summed E-state index contributed by atoms with van der Waals surface area (Å²) in [6.45, 7) is 4.86. The van der Waals surface area contributed by atoms with Gasteiger partial charge in [-0.15, -0.1) is 0 Å². The molecule has 2 bridgehead atoms. The van der Waals surface area contributed by atoms with E-state index >= 15 is 0 Å². The molecule has 0 spiro atoms. The zero-order valence-corrected chi connectivity index (χ0v) is 16.5. The molecule has 5 rings (SSSR count). The van der Waals surface area contributed by atoms with Crippen LogP contribution < -0.4 is 10.2 Å². The summed E-state index contributed by atoms with van der Waals surface area (Å²) < 4.78 is 15.8. The van der Waals surface area contributed by atoms with E-state index in [1.54, 1.807) is 16.8 Å². The predicted octanol–water partition coefficient (Wildman–Crippen LogP) is 2.84. The number of rotatable bonds is 0. The first-order chi connectivity index (χ1) is 14.0. The third-order valence-corrected chi connectivity index (χ3v) is 5.99. The molecular formula is C21H23FN6O. The number of halogens is 1. The van der Waals surface area contributed by atoms with Crippen molar-refractivity contribution in [2.45, 2.75) is 51.6 Å². The largest absolute Gasteiger partial charge is 0.349 e. The molecule has 7 nitrogen and oxygen atoms in total. The van der Waals surface area contributed by atoms with Crippen LogP contribution in [0, 0.1) is 5.82 Å². The Balaban J connectivity index is 1.72. The van der Waals surface area contributed by atoms with Gasteiger partial charge in [-0.1, -0.05) is 0 Å². The van der Waals surface area contributed by atoms with Crippen LogP contribution in [-0.2, 0) is 12.8 Å². The molecule has 3 aromatic heterocycles. The number of anilines is 1. The first kappa shape index (κ1) is 18.0. The normalized spacial score (nSPS) is 21.9. The van der Waals surface area contributed by atoms with Crippen LogP contribution in [0.4, 0.5) is 10.2 Å². The van der Waals surface area contributed by atoms with Gasteiger partial charge in [0.1, 0.15) is 17.2 Å². The van der Waals surface area contributed by atoms with E-state index in [4.69, 9.17) is 4.98 Å². The van der Waals surface area contributed by atoms with Gasteiger partial charge in [-0.2, -0.15) is 5.10 Å². The second-order valence-electron chi connectivity index (χ2n) is 7.99. The lowest BCUT2D eigenvalue weighted by Crippen LogP contribution is -2.34. The SMILES string of the molecule is C[C@@H]1CCc2ncc(F)cc2[C@H](C)N2CCCc3cn4ncc(c4nc32)C(=O)N1. The topological polar surface area (TPSA) is 75.4 Å². The molecule has 0 fully saturated rings. The van der Waals surface area contributed by atoms with Crippen molar-refractivity contribution in [1.82, 2.24) is 24.9 Å². The van der Waals surface area contributed by atoms with Gasteiger partial charge in [0, 0.05) is 30.0 Å². The van der Waals surface area contributed by atoms with Gasteiger partial charge in [0.25, 0.3) is 5.91 Å². The van der Waals surface area contributed by atoms with Gasteiger partial charge in [-0.3, -0.25) is 9.78 Å². The molecule has 3 aromatic rings. The maximum atomic E-state index is 14.1. The van der Waals surface area contributed by atoms with Crippen molar-refractivity contribution in [2.24, 2.45) is 0 Å². The fraction of sp³-hybridized carbons (Fsp3) is 0.429. The van der Waals surface area contributed by atoms with Crippen molar-refractivity contribution in [3.63, 3.8) is 0 Å². The van der Waals surface area contributed by atoms with Gasteiger partial charge < -0.3 is 10.2 Å². The van der Waals surface area contributed by atoms with Gasteiger partial charge >= 0.3 is 0 Å². The van der Waals surface area contributed by atoms with Crippen LogP contribution in [0.15, 0.2) is 24.7 Å². The van der Waals surface area contributed by atoms with Gasteiger partial charge in [-0.25, -0.2) is 13.9 Å². The number of carbonyl (C=O) groups excluding carboxylic acids is 1. The van der Waals surface area contributed by atoms with Crippen molar-refractivity contribution < 1.29 is 9.18 Å². The van der Waals surface area contributed by atoms with Crippen molar-refractivity contribution in [1.29, 1.82) is 0 Å². The average molecular weight is 394 g/mol. The molecule has 5 heterocycles. The van der Waals surface area contributed by atoms with Crippen LogP contribution >= 0.6 is 0 Å². The molecule has 1 N–H and O–H groups in total. The summed E-state index contributed by atoms with van der Waals surface area (Å²) in [6, 6.07) is 1.46. The maximum absolute atomic E-state index is 14.1. The zero-order valence-electron chi connectivity index (χ0n) is 16.5. The smallest absolute Gasteiger partial charge is 0.256 e. The van der Waals surface area contributed by atoms with E-state index < -0.39 is 0 Å². The highest BCUT2D eigenvalue weighted by Crippen LogP contribution is 2.34. The Morgan fingerprint density at radius 3 is 2.97 bits per heavy atom. The van der Waals surface area contributed by atoms with E-state index in [1.165, 1.54) is 6.20 Å². The number of nitrogens with zero attached hydrogens (tertiary/aromatic N) is 5. The highest BCUT2D eigenvalue weighted by atomic mass is 19.1. The molecule has 150 valence electrons. The molecule has 0 aliphatic carbocycles. The molecule has 0 unspecified atom stereocenters. The number of hydrogen-bond donors (Lipinski definition) is 1. The Bertz CT molecular complexity index is 1110. The van der Waals surface area contributed by atoms with Crippen LogP contribution in [0.1, 0.15) is 59.9 Å². The molecule has 29 heavy (non-hydrogen) atoms. The number of nitrogens with one attached hydrogen (secondary N) is 1. The second-order valence-corrected chi connectivity index (χ2v) is 7.99. The summed E-state index contributed by atoms with van der Waals surface area (Å²) in [4.78, 5) is 24.3. The number of aryl methyl sites for hydroxylation is 2. The first-order valence-electron chi connectivity index (χ1n) is 10.1. The molecule has 1 amide bonds. The fourth-order valence-electron chi connectivity index (χ4n) is 4.40. The summed E-state index contributed by atoms with van der Waals surface area (Å²) in [5.41, 5.74) is 3.85. The van der Waals surface area contributed by atoms with Crippen molar-refractivity contribution in [2.75, 3.05) is 11.4 Å². The molecule has 2 aliphatic rings. The van der Waals surface area contributed by atoms with Gasteiger partial charge in [0.2, 0.25) is 0 Å². The Morgan fingerprint density at radius 2 is 2.10 bits per heavy atom. The number of amides is 1. The maximum Gasteiger partial charge on any atom is 0.256 e. The Kier molecular flexibility index (Phi) is 4.22. The first-order valence-corrected chi connectivity index (χ1v) is 10.1. The van der Waals surface area contributed by atoms with E-state index in [0.29, 0.717) is 24.1 Å². The predicted molar refractivity (Wildman–Crippen MR) is 107 cm³/mol. The fourth-order valence-corrected chi connectivity index (χ4v) is 4.40. The third-order valence-electron chi connectivity index (χ3n) is 5.99. The summed E-state index contributed by atoms with van der Waals surface area (Å²) >= 11 is 0. The van der Waals surface area contributed by atoms with Crippen molar-refractivity contribution in [3.05, 3.63) is 52.9 Å². The van der Waals surface area contributed by atoms with Crippen LogP contribution in [0.25, 0.3) is 5.65 Å². The van der Waals surface area contributed by atoms with Crippen LogP contribution in [0.5, 0.6) is 0 Å². The number of aromatic nitrogens is 4. The molecule has 8 heteroatoms. The third kappa shape index (κ3) is 3.03. The molecule has 2 atom stereocenters. The summed E-state index contributed by atoms with van der Waals surface area (Å²) in [7, 11) is 0. The van der Waals surface area contributed by atoms with E-state index in [0.717, 1.165) is 42.0 Å². The number of pyridine rings is 1. The minimum Gasteiger partial charge on any atom is -0.349 e. The van der Waals surface area contributed by atoms with Crippen LogP contribution in [0.3, 0.4) is 0 Å². The van der Waals surface area contributed by atoms with Gasteiger partial charge in [0.15, 0.2) is 5.65 Å². The van der Waals surface area contributed by atoms with Crippen LogP contribution in [-0.4, -0.2) is 38.1 Å². The lowest BCUT2D eigenvalue weighted by molar-refractivity contribution is 0.0940. The molecule has 0 aromatic carbocycles. The molecule has 0 saturated heterocycles. The zero-order chi connectivity index (χ0) is 20.1. The standard InChI is InChI=1S/C21H23FN6O/c1-12-5-6-18-16(8-15(22)9-23-18)13(2)27-7-3-4-14-11-28-20(26-19(14)27)17(10-24-28)21(29)25-12/h8-13H,3-7H2,1-2H3,(H,25,29)/t12-,13+/m1/s1. The van der Waals surface area contributed by atoms with Crippen molar-refractivity contribution >= 4 is 17.4 Å². The molecule has 0 saturated carbocycles. The highest BCUT2D eigenvalue weighted by Gasteiger charge is 2.29. The number of carbonyl (C=O) groups is 1. The quantitative estimate of drug-likeness (QED) is 0.635. The lowest BCUT2D eigenvalue weighted by atomic mass is 9.98. The lowest BCUT2D eigenvalue weighted by Gasteiger charge is -2.36. The minimum atomic E-state index is -0.333.